The van der Waals surface area contributed by atoms with E-state index in [1.807, 2.05) is 48.5 Å². The fourth-order valence-corrected chi connectivity index (χ4v) is 3.00. The second kappa shape index (κ2) is 8.86. The van der Waals surface area contributed by atoms with Gasteiger partial charge in [0, 0.05) is 16.6 Å². The van der Waals surface area contributed by atoms with Gasteiger partial charge in [0.05, 0.1) is 12.9 Å². The zero-order valence-corrected chi connectivity index (χ0v) is 16.3. The van der Waals surface area contributed by atoms with Gasteiger partial charge in [-0.25, -0.2) is 0 Å². The molecule has 26 heavy (non-hydrogen) atoms. The number of ether oxygens (including phenoxy) is 1. The zero-order chi connectivity index (χ0) is 18.4. The van der Waals surface area contributed by atoms with Gasteiger partial charge in [0.25, 0.3) is 5.22 Å². The van der Waals surface area contributed by atoms with Gasteiger partial charge in [0.15, 0.2) is 0 Å². The Morgan fingerprint density at radius 2 is 2.04 bits per heavy atom. The Kier molecular flexibility index (Phi) is 6.30. The SMILES string of the molecule is COc1cccc(CNC(=O)CSc2nnc(-c3ccc(Br)cc3)o2)c1. The summed E-state index contributed by atoms with van der Waals surface area (Å²) in [4.78, 5) is 12.0. The molecule has 0 saturated heterocycles. The van der Waals surface area contributed by atoms with Gasteiger partial charge >= 0.3 is 0 Å². The number of carbonyl (C=O) groups is 1. The summed E-state index contributed by atoms with van der Waals surface area (Å²) in [5.41, 5.74) is 1.80. The molecule has 6 nitrogen and oxygen atoms in total. The summed E-state index contributed by atoms with van der Waals surface area (Å²) in [5, 5.41) is 11.2. The second-order valence-corrected chi connectivity index (χ2v) is 7.14. The molecule has 3 rings (SSSR count). The maximum atomic E-state index is 12.0. The van der Waals surface area contributed by atoms with Crippen LogP contribution in [0.4, 0.5) is 0 Å². The fourth-order valence-electron chi connectivity index (χ4n) is 2.14. The Morgan fingerprint density at radius 3 is 2.81 bits per heavy atom. The molecule has 1 amide bonds. The van der Waals surface area contributed by atoms with Crippen LogP contribution in [0.3, 0.4) is 0 Å². The number of nitrogens with zero attached hydrogens (tertiary/aromatic N) is 2. The van der Waals surface area contributed by atoms with E-state index in [4.69, 9.17) is 9.15 Å². The third-order valence-corrected chi connectivity index (χ3v) is 4.80. The average molecular weight is 434 g/mol. The van der Waals surface area contributed by atoms with Crippen molar-refractivity contribution in [3.8, 4) is 17.2 Å². The van der Waals surface area contributed by atoms with E-state index in [1.54, 1.807) is 7.11 Å². The Morgan fingerprint density at radius 1 is 1.23 bits per heavy atom. The largest absolute Gasteiger partial charge is 0.497 e. The molecule has 1 heterocycles. The first-order valence-corrected chi connectivity index (χ1v) is 9.54. The van der Waals surface area contributed by atoms with Gasteiger partial charge in [0.2, 0.25) is 11.8 Å². The lowest BCUT2D eigenvalue weighted by atomic mass is 10.2. The van der Waals surface area contributed by atoms with Crippen LogP contribution in [-0.4, -0.2) is 29.0 Å². The first-order chi connectivity index (χ1) is 12.6. The monoisotopic (exact) mass is 433 g/mol. The number of benzene rings is 2. The first-order valence-electron chi connectivity index (χ1n) is 7.76. The van der Waals surface area contributed by atoms with Crippen molar-refractivity contribution in [1.82, 2.24) is 15.5 Å². The number of nitrogens with one attached hydrogen (secondary N) is 1. The molecular weight excluding hydrogens is 418 g/mol. The molecule has 0 unspecified atom stereocenters. The molecule has 0 radical (unpaired) electrons. The van der Waals surface area contributed by atoms with E-state index in [0.29, 0.717) is 17.7 Å². The van der Waals surface area contributed by atoms with Gasteiger partial charge in [-0.05, 0) is 42.0 Å². The summed E-state index contributed by atoms with van der Waals surface area (Å²) in [6, 6.07) is 15.1. The second-order valence-electron chi connectivity index (χ2n) is 5.30. The molecule has 1 N–H and O–H groups in total. The maximum Gasteiger partial charge on any atom is 0.277 e. The molecule has 0 atom stereocenters. The van der Waals surface area contributed by atoms with Crippen molar-refractivity contribution in [2.45, 2.75) is 11.8 Å². The van der Waals surface area contributed by atoms with E-state index < -0.39 is 0 Å². The Balaban J connectivity index is 1.49. The van der Waals surface area contributed by atoms with E-state index in [0.717, 1.165) is 21.3 Å². The van der Waals surface area contributed by atoms with Crippen LogP contribution in [0.2, 0.25) is 0 Å². The summed E-state index contributed by atoms with van der Waals surface area (Å²) < 4.78 is 11.7. The predicted molar refractivity (Wildman–Crippen MR) is 103 cm³/mol. The number of rotatable bonds is 7. The molecule has 1 aromatic heterocycles. The number of amides is 1. The normalized spacial score (nSPS) is 10.5. The highest BCUT2D eigenvalue weighted by Gasteiger charge is 2.11. The lowest BCUT2D eigenvalue weighted by Gasteiger charge is -2.06. The smallest absolute Gasteiger partial charge is 0.277 e. The molecule has 0 saturated carbocycles. The van der Waals surface area contributed by atoms with Crippen LogP contribution in [0.5, 0.6) is 5.75 Å². The Labute approximate surface area is 163 Å². The van der Waals surface area contributed by atoms with Gasteiger partial charge in [-0.1, -0.05) is 39.8 Å². The van der Waals surface area contributed by atoms with E-state index in [1.165, 1.54) is 11.8 Å². The van der Waals surface area contributed by atoms with Gasteiger partial charge in [-0.3, -0.25) is 4.79 Å². The topological polar surface area (TPSA) is 77.2 Å². The van der Waals surface area contributed by atoms with E-state index >= 15 is 0 Å². The number of halogens is 1. The van der Waals surface area contributed by atoms with Gasteiger partial charge in [0.1, 0.15) is 5.75 Å². The molecule has 8 heteroatoms. The molecule has 0 spiro atoms. The molecule has 2 aromatic carbocycles. The summed E-state index contributed by atoms with van der Waals surface area (Å²) in [6.45, 7) is 0.435. The van der Waals surface area contributed by atoms with E-state index in [2.05, 4.69) is 31.4 Å². The average Bonchev–Trinajstić information content (AvgIpc) is 3.14. The van der Waals surface area contributed by atoms with Crippen LogP contribution in [0, 0.1) is 0 Å². The number of carbonyl (C=O) groups excluding carboxylic acids is 1. The van der Waals surface area contributed by atoms with Crippen LogP contribution in [0.25, 0.3) is 11.5 Å². The van der Waals surface area contributed by atoms with Crippen LogP contribution < -0.4 is 10.1 Å². The lowest BCUT2D eigenvalue weighted by molar-refractivity contribution is -0.118. The van der Waals surface area contributed by atoms with E-state index in [-0.39, 0.29) is 11.7 Å². The minimum atomic E-state index is -0.110. The summed E-state index contributed by atoms with van der Waals surface area (Å²) in [5.74, 6) is 1.28. The number of aromatic nitrogens is 2. The highest BCUT2D eigenvalue weighted by Crippen LogP contribution is 2.24. The number of hydrogen-bond donors (Lipinski definition) is 1. The fraction of sp³-hybridized carbons (Fsp3) is 0.167. The standard InChI is InChI=1S/C18H16BrN3O3S/c1-24-15-4-2-3-12(9-15)10-20-16(23)11-26-18-22-21-17(25-18)13-5-7-14(19)8-6-13/h2-9H,10-11H2,1H3,(H,20,23). The third-order valence-electron chi connectivity index (χ3n) is 3.45. The molecule has 0 fully saturated rings. The van der Waals surface area contributed by atoms with Gasteiger partial charge < -0.3 is 14.5 Å². The number of methoxy groups -OCH3 is 1. The van der Waals surface area contributed by atoms with Crippen molar-refractivity contribution in [3.63, 3.8) is 0 Å². The molecule has 0 aliphatic carbocycles. The molecule has 3 aromatic rings. The minimum Gasteiger partial charge on any atom is -0.497 e. The minimum absolute atomic E-state index is 0.110. The van der Waals surface area contributed by atoms with Crippen LogP contribution in [0.15, 0.2) is 62.6 Å². The highest BCUT2D eigenvalue weighted by atomic mass is 79.9. The van der Waals surface area contributed by atoms with Crippen molar-refractivity contribution in [1.29, 1.82) is 0 Å². The van der Waals surface area contributed by atoms with Crippen LogP contribution >= 0.6 is 27.7 Å². The van der Waals surface area contributed by atoms with Crippen molar-refractivity contribution < 1.29 is 13.9 Å². The molecule has 0 bridgehead atoms. The predicted octanol–water partition coefficient (Wildman–Crippen LogP) is 3.92. The summed E-state index contributed by atoms with van der Waals surface area (Å²) >= 11 is 4.59. The highest BCUT2D eigenvalue weighted by molar-refractivity contribution is 9.10. The molecule has 0 aliphatic rings. The molecular formula is C18H16BrN3O3S. The Bertz CT molecular complexity index is 883. The maximum absolute atomic E-state index is 12.0. The number of thioether (sulfide) groups is 1. The zero-order valence-electron chi connectivity index (χ0n) is 13.9. The van der Waals surface area contributed by atoms with Gasteiger partial charge in [-0.2, -0.15) is 0 Å². The van der Waals surface area contributed by atoms with Crippen LogP contribution in [0.1, 0.15) is 5.56 Å². The molecule has 134 valence electrons. The van der Waals surface area contributed by atoms with Crippen molar-refractivity contribution in [3.05, 3.63) is 58.6 Å². The lowest BCUT2D eigenvalue weighted by Crippen LogP contribution is -2.24. The van der Waals surface area contributed by atoms with Crippen LogP contribution in [-0.2, 0) is 11.3 Å². The van der Waals surface area contributed by atoms with Crippen molar-refractivity contribution in [2.75, 3.05) is 12.9 Å². The van der Waals surface area contributed by atoms with Crippen molar-refractivity contribution >= 4 is 33.6 Å². The van der Waals surface area contributed by atoms with Gasteiger partial charge in [-0.15, -0.1) is 10.2 Å². The molecule has 0 aliphatic heterocycles. The first kappa shape index (κ1) is 18.5. The Hall–Kier alpha value is -2.32. The summed E-state index contributed by atoms with van der Waals surface area (Å²) in [7, 11) is 1.61. The quantitative estimate of drug-likeness (QED) is 0.569. The third kappa shape index (κ3) is 5.09. The summed E-state index contributed by atoms with van der Waals surface area (Å²) in [6.07, 6.45) is 0. The van der Waals surface area contributed by atoms with E-state index in [9.17, 15) is 4.79 Å². The number of hydrogen-bond acceptors (Lipinski definition) is 6. The van der Waals surface area contributed by atoms with Crippen molar-refractivity contribution in [2.24, 2.45) is 0 Å².